The largest absolute Gasteiger partial charge is 0.479 e. The van der Waals surface area contributed by atoms with Gasteiger partial charge in [-0.2, -0.15) is 0 Å². The quantitative estimate of drug-likeness (QED) is 0.725. The van der Waals surface area contributed by atoms with E-state index in [0.29, 0.717) is 0 Å². The molecule has 1 heterocycles. The van der Waals surface area contributed by atoms with Crippen LogP contribution in [0.2, 0.25) is 0 Å². The summed E-state index contributed by atoms with van der Waals surface area (Å²) in [6, 6.07) is 7.66. The highest BCUT2D eigenvalue weighted by Crippen LogP contribution is 2.42. The molecule has 1 aliphatic rings. The van der Waals surface area contributed by atoms with Crippen LogP contribution in [0.25, 0.3) is 0 Å². The van der Waals surface area contributed by atoms with E-state index >= 15 is 0 Å². The molecule has 14 heavy (non-hydrogen) atoms. The number of nitrogens with two attached hydrogens (primary N) is 1. The van der Waals surface area contributed by atoms with Gasteiger partial charge in [0.2, 0.25) is 0 Å². The first kappa shape index (κ1) is 9.06. The van der Waals surface area contributed by atoms with Gasteiger partial charge in [0, 0.05) is 11.0 Å². The number of benzene rings is 1. The number of fused-ring (bicyclic) bond motifs is 1. The second-order valence-corrected chi connectivity index (χ2v) is 4.12. The van der Waals surface area contributed by atoms with Gasteiger partial charge in [-0.25, -0.2) is 0 Å². The summed E-state index contributed by atoms with van der Waals surface area (Å²) in [7, 11) is 0. The predicted molar refractivity (Wildman–Crippen MR) is 53.1 cm³/mol. The summed E-state index contributed by atoms with van der Waals surface area (Å²) in [5.74, 6) is 0.354. The molecule has 1 unspecified atom stereocenters. The van der Waals surface area contributed by atoms with Gasteiger partial charge in [0.05, 0.1) is 0 Å². The van der Waals surface area contributed by atoms with Crippen molar-refractivity contribution >= 4 is 5.91 Å². The number of carbonyl (C=O) groups excluding carboxylic acids is 1. The second-order valence-electron chi connectivity index (χ2n) is 4.12. The van der Waals surface area contributed by atoms with Crippen molar-refractivity contribution in [3.63, 3.8) is 0 Å². The van der Waals surface area contributed by atoms with Gasteiger partial charge in [-0.15, -0.1) is 0 Å². The molecule has 0 saturated heterocycles. The van der Waals surface area contributed by atoms with Crippen LogP contribution in [0.15, 0.2) is 24.3 Å². The molecule has 1 aromatic rings. The molecule has 3 nitrogen and oxygen atoms in total. The highest BCUT2D eigenvalue weighted by molar-refractivity contribution is 5.82. The molecule has 1 aliphatic heterocycles. The van der Waals surface area contributed by atoms with Gasteiger partial charge < -0.3 is 10.5 Å². The van der Waals surface area contributed by atoms with Crippen LogP contribution in [0.1, 0.15) is 19.4 Å². The van der Waals surface area contributed by atoms with Crippen LogP contribution in [0.5, 0.6) is 5.75 Å². The van der Waals surface area contributed by atoms with E-state index in [-0.39, 0.29) is 5.41 Å². The highest BCUT2D eigenvalue weighted by atomic mass is 16.5. The van der Waals surface area contributed by atoms with E-state index in [1.165, 1.54) is 0 Å². The lowest BCUT2D eigenvalue weighted by Crippen LogP contribution is -2.43. The Morgan fingerprint density at radius 2 is 2.07 bits per heavy atom. The van der Waals surface area contributed by atoms with Gasteiger partial charge in [-0.1, -0.05) is 32.0 Å². The van der Waals surface area contributed by atoms with Crippen LogP contribution >= 0.6 is 0 Å². The van der Waals surface area contributed by atoms with Gasteiger partial charge in [0.15, 0.2) is 6.10 Å². The molecular formula is C11H13NO2. The highest BCUT2D eigenvalue weighted by Gasteiger charge is 2.44. The van der Waals surface area contributed by atoms with Crippen molar-refractivity contribution in [2.75, 3.05) is 0 Å². The number of hydrogen-bond acceptors (Lipinski definition) is 2. The van der Waals surface area contributed by atoms with Crippen LogP contribution in [0.4, 0.5) is 0 Å². The third kappa shape index (κ3) is 1.09. The average Bonchev–Trinajstić information content (AvgIpc) is 2.39. The first-order chi connectivity index (χ1) is 6.53. The van der Waals surface area contributed by atoms with E-state index in [4.69, 9.17) is 10.5 Å². The van der Waals surface area contributed by atoms with Gasteiger partial charge in [-0.3, -0.25) is 4.79 Å². The maximum Gasteiger partial charge on any atom is 0.259 e. The lowest BCUT2D eigenvalue weighted by molar-refractivity contribution is -0.126. The Bertz CT molecular complexity index is 385. The fraction of sp³-hybridized carbons (Fsp3) is 0.364. The summed E-state index contributed by atoms with van der Waals surface area (Å²) < 4.78 is 5.51. The third-order valence-electron chi connectivity index (χ3n) is 2.74. The summed E-state index contributed by atoms with van der Waals surface area (Å²) >= 11 is 0. The second kappa shape index (κ2) is 2.74. The van der Waals surface area contributed by atoms with E-state index in [9.17, 15) is 4.79 Å². The molecule has 0 bridgehead atoms. The molecule has 1 aromatic carbocycles. The molecule has 2 rings (SSSR count). The van der Waals surface area contributed by atoms with E-state index in [1.54, 1.807) is 0 Å². The fourth-order valence-corrected chi connectivity index (χ4v) is 1.93. The molecule has 0 saturated carbocycles. The minimum atomic E-state index is -0.556. The van der Waals surface area contributed by atoms with Crippen molar-refractivity contribution in [3.8, 4) is 5.75 Å². The molecule has 3 heteroatoms. The summed E-state index contributed by atoms with van der Waals surface area (Å²) in [5.41, 5.74) is 6.00. The first-order valence-corrected chi connectivity index (χ1v) is 4.59. The molecule has 0 radical (unpaired) electrons. The molecule has 1 amide bonds. The van der Waals surface area contributed by atoms with E-state index in [0.717, 1.165) is 11.3 Å². The van der Waals surface area contributed by atoms with Crippen molar-refractivity contribution < 1.29 is 9.53 Å². The molecule has 0 aliphatic carbocycles. The maximum atomic E-state index is 11.2. The SMILES string of the molecule is CC1(C)c2ccccc2OC1C(N)=O. The van der Waals surface area contributed by atoms with E-state index < -0.39 is 12.0 Å². The van der Waals surface area contributed by atoms with Crippen LogP contribution in [-0.4, -0.2) is 12.0 Å². The van der Waals surface area contributed by atoms with Crippen LogP contribution < -0.4 is 10.5 Å². The Hall–Kier alpha value is -1.51. The Morgan fingerprint density at radius 3 is 2.64 bits per heavy atom. The molecular weight excluding hydrogens is 178 g/mol. The minimum Gasteiger partial charge on any atom is -0.479 e. The molecule has 74 valence electrons. The first-order valence-electron chi connectivity index (χ1n) is 4.59. The van der Waals surface area contributed by atoms with Gasteiger partial charge in [0.1, 0.15) is 5.75 Å². The van der Waals surface area contributed by atoms with Crippen LogP contribution in [-0.2, 0) is 10.2 Å². The van der Waals surface area contributed by atoms with Gasteiger partial charge >= 0.3 is 0 Å². The number of para-hydroxylation sites is 1. The Balaban J connectivity index is 2.50. The molecule has 0 spiro atoms. The van der Waals surface area contributed by atoms with Crippen LogP contribution in [0.3, 0.4) is 0 Å². The zero-order valence-corrected chi connectivity index (χ0v) is 8.28. The third-order valence-corrected chi connectivity index (χ3v) is 2.74. The monoisotopic (exact) mass is 191 g/mol. The standard InChI is InChI=1S/C11H13NO2/c1-11(2)7-5-3-4-6-8(7)14-9(11)10(12)13/h3-6,9H,1-2H3,(H2,12,13). The summed E-state index contributed by atoms with van der Waals surface area (Å²) in [6.07, 6.45) is -0.556. The zero-order valence-electron chi connectivity index (χ0n) is 8.28. The lowest BCUT2D eigenvalue weighted by Gasteiger charge is -2.22. The summed E-state index contributed by atoms with van der Waals surface area (Å²) in [6.45, 7) is 3.93. The number of carbonyl (C=O) groups is 1. The number of hydrogen-bond donors (Lipinski definition) is 1. The van der Waals surface area contributed by atoms with Crippen LogP contribution in [0, 0.1) is 0 Å². The Morgan fingerprint density at radius 1 is 1.43 bits per heavy atom. The number of amides is 1. The summed E-state index contributed by atoms with van der Waals surface area (Å²) in [4.78, 5) is 11.2. The van der Waals surface area contributed by atoms with Crippen molar-refractivity contribution in [1.29, 1.82) is 0 Å². The van der Waals surface area contributed by atoms with Crippen molar-refractivity contribution in [3.05, 3.63) is 29.8 Å². The Labute approximate surface area is 82.9 Å². The zero-order chi connectivity index (χ0) is 10.3. The normalized spacial score (nSPS) is 22.6. The Kier molecular flexibility index (Phi) is 1.77. The molecule has 0 aromatic heterocycles. The molecule has 2 N–H and O–H groups in total. The summed E-state index contributed by atoms with van der Waals surface area (Å²) in [5, 5.41) is 0. The minimum absolute atomic E-state index is 0.331. The fourth-order valence-electron chi connectivity index (χ4n) is 1.93. The van der Waals surface area contributed by atoms with Crippen molar-refractivity contribution in [2.45, 2.75) is 25.4 Å². The van der Waals surface area contributed by atoms with E-state index in [1.807, 2.05) is 38.1 Å². The lowest BCUT2D eigenvalue weighted by atomic mass is 9.81. The number of rotatable bonds is 1. The number of ether oxygens (including phenoxy) is 1. The van der Waals surface area contributed by atoms with Crippen molar-refractivity contribution in [2.24, 2.45) is 5.73 Å². The van der Waals surface area contributed by atoms with Gasteiger partial charge in [0.25, 0.3) is 5.91 Å². The van der Waals surface area contributed by atoms with Gasteiger partial charge in [-0.05, 0) is 6.07 Å². The van der Waals surface area contributed by atoms with Crippen molar-refractivity contribution in [1.82, 2.24) is 0 Å². The molecule has 1 atom stereocenters. The van der Waals surface area contributed by atoms with E-state index in [2.05, 4.69) is 0 Å². The maximum absolute atomic E-state index is 11.2. The predicted octanol–water partition coefficient (Wildman–Crippen LogP) is 1.21. The average molecular weight is 191 g/mol. The number of primary amides is 1. The topological polar surface area (TPSA) is 52.3 Å². The smallest absolute Gasteiger partial charge is 0.259 e. The molecule has 0 fully saturated rings.